The van der Waals surface area contributed by atoms with Crippen LogP contribution in [0.5, 0.6) is 0 Å². The monoisotopic (exact) mass is 414 g/mol. The summed E-state index contributed by atoms with van der Waals surface area (Å²) in [6.45, 7) is 1.09. The van der Waals surface area contributed by atoms with Crippen LogP contribution >= 0.6 is 23.4 Å². The molecular formula is C17H19ClN2O4S2. The highest BCUT2D eigenvalue weighted by molar-refractivity contribution is 8.15. The van der Waals surface area contributed by atoms with Gasteiger partial charge in [0.25, 0.3) is 5.91 Å². The third kappa shape index (κ3) is 3.78. The molecule has 3 aliphatic heterocycles. The minimum atomic E-state index is -3.05. The van der Waals surface area contributed by atoms with Gasteiger partial charge in [0.1, 0.15) is 6.10 Å². The van der Waals surface area contributed by atoms with Gasteiger partial charge in [-0.25, -0.2) is 8.42 Å². The Kier molecular flexibility index (Phi) is 5.02. The van der Waals surface area contributed by atoms with Crippen molar-refractivity contribution in [1.29, 1.82) is 0 Å². The normalized spacial score (nSPS) is 31.5. The summed E-state index contributed by atoms with van der Waals surface area (Å²) in [5.74, 6) is -0.0354. The van der Waals surface area contributed by atoms with Crippen LogP contribution in [0.2, 0.25) is 5.02 Å². The average Bonchev–Trinajstić information content (AvgIpc) is 3.27. The van der Waals surface area contributed by atoms with Crippen LogP contribution < -0.4 is 0 Å². The smallest absolute Gasteiger partial charge is 0.277 e. The van der Waals surface area contributed by atoms with Crippen molar-refractivity contribution in [2.45, 2.75) is 36.8 Å². The number of hydrogen-bond acceptors (Lipinski definition) is 5. The SMILES string of the molecule is O=C(N=C1S[C@@H]2CS(=O)(=O)C[C@H]2N1Cc1ccc(Cl)cc1)[C@@H]1CCCO1. The molecule has 3 aliphatic rings. The molecule has 3 atom stereocenters. The average molecular weight is 415 g/mol. The Morgan fingerprint density at radius 3 is 2.77 bits per heavy atom. The summed E-state index contributed by atoms with van der Waals surface area (Å²) in [5, 5.41) is 1.17. The summed E-state index contributed by atoms with van der Waals surface area (Å²) >= 11 is 7.34. The van der Waals surface area contributed by atoms with Gasteiger partial charge in [0.15, 0.2) is 15.0 Å². The van der Waals surface area contributed by atoms with Gasteiger partial charge < -0.3 is 9.64 Å². The van der Waals surface area contributed by atoms with Crippen molar-refractivity contribution >= 4 is 44.3 Å². The van der Waals surface area contributed by atoms with Crippen molar-refractivity contribution in [2.75, 3.05) is 18.1 Å². The van der Waals surface area contributed by atoms with Crippen molar-refractivity contribution in [3.8, 4) is 0 Å². The minimum Gasteiger partial charge on any atom is -0.368 e. The number of benzene rings is 1. The zero-order valence-electron chi connectivity index (χ0n) is 14.0. The van der Waals surface area contributed by atoms with Crippen molar-refractivity contribution in [3.05, 3.63) is 34.9 Å². The van der Waals surface area contributed by atoms with Crippen LogP contribution in [-0.4, -0.2) is 59.9 Å². The molecule has 0 saturated carbocycles. The van der Waals surface area contributed by atoms with Gasteiger partial charge in [-0.05, 0) is 30.5 Å². The first-order valence-electron chi connectivity index (χ1n) is 8.53. The molecule has 0 bridgehead atoms. The number of rotatable bonds is 3. The minimum absolute atomic E-state index is 0.0802. The van der Waals surface area contributed by atoms with Crippen LogP contribution in [0.25, 0.3) is 0 Å². The summed E-state index contributed by atoms with van der Waals surface area (Å²) in [5.41, 5.74) is 0.997. The van der Waals surface area contributed by atoms with Gasteiger partial charge in [-0.3, -0.25) is 4.79 Å². The Labute approximate surface area is 161 Å². The largest absolute Gasteiger partial charge is 0.368 e. The molecule has 1 aromatic carbocycles. The molecule has 0 unspecified atom stereocenters. The fourth-order valence-electron chi connectivity index (χ4n) is 3.55. The molecule has 6 nitrogen and oxygen atoms in total. The number of fused-ring (bicyclic) bond motifs is 1. The van der Waals surface area contributed by atoms with E-state index in [0.29, 0.717) is 29.8 Å². The zero-order valence-corrected chi connectivity index (χ0v) is 16.4. The second-order valence-electron chi connectivity index (χ2n) is 6.79. The van der Waals surface area contributed by atoms with Gasteiger partial charge in [0.2, 0.25) is 0 Å². The van der Waals surface area contributed by atoms with E-state index in [9.17, 15) is 13.2 Å². The van der Waals surface area contributed by atoms with E-state index in [1.165, 1.54) is 11.8 Å². The molecule has 0 N–H and O–H groups in total. The molecule has 1 amide bonds. The van der Waals surface area contributed by atoms with Crippen LogP contribution in [0.4, 0.5) is 0 Å². The lowest BCUT2D eigenvalue weighted by molar-refractivity contribution is -0.126. The van der Waals surface area contributed by atoms with Crippen molar-refractivity contribution < 1.29 is 17.9 Å². The summed E-state index contributed by atoms with van der Waals surface area (Å²) in [7, 11) is -3.05. The first-order valence-corrected chi connectivity index (χ1v) is 11.6. The van der Waals surface area contributed by atoms with Gasteiger partial charge in [0, 0.05) is 23.4 Å². The van der Waals surface area contributed by atoms with Gasteiger partial charge in [-0.15, -0.1) is 0 Å². The molecule has 9 heteroatoms. The molecular weight excluding hydrogens is 396 g/mol. The second kappa shape index (κ2) is 7.14. The predicted molar refractivity (Wildman–Crippen MR) is 102 cm³/mol. The number of amidine groups is 1. The first kappa shape index (κ1) is 18.3. The van der Waals surface area contributed by atoms with Gasteiger partial charge in [-0.1, -0.05) is 35.5 Å². The summed E-state index contributed by atoms with van der Waals surface area (Å²) in [4.78, 5) is 18.7. The Morgan fingerprint density at radius 2 is 2.08 bits per heavy atom. The number of amides is 1. The Morgan fingerprint density at radius 1 is 1.31 bits per heavy atom. The van der Waals surface area contributed by atoms with E-state index in [0.717, 1.165) is 12.0 Å². The Balaban J connectivity index is 1.59. The lowest BCUT2D eigenvalue weighted by atomic mass is 10.1. The molecule has 0 radical (unpaired) electrons. The van der Waals surface area contributed by atoms with Gasteiger partial charge in [-0.2, -0.15) is 4.99 Å². The number of carbonyl (C=O) groups is 1. The second-order valence-corrected chi connectivity index (χ2v) is 10.6. The number of hydrogen-bond donors (Lipinski definition) is 0. The first-order chi connectivity index (χ1) is 12.4. The lowest BCUT2D eigenvalue weighted by Crippen LogP contribution is -2.37. The number of aliphatic imine (C=N–C) groups is 1. The molecule has 3 fully saturated rings. The van der Waals surface area contributed by atoms with E-state index in [2.05, 4.69) is 4.99 Å². The van der Waals surface area contributed by atoms with Crippen molar-refractivity contribution in [3.63, 3.8) is 0 Å². The maximum atomic E-state index is 12.4. The molecule has 0 aliphatic carbocycles. The number of halogens is 1. The van der Waals surface area contributed by atoms with Crippen LogP contribution in [0.15, 0.2) is 29.3 Å². The highest BCUT2D eigenvalue weighted by atomic mass is 35.5. The molecule has 0 aromatic heterocycles. The summed E-state index contributed by atoms with van der Waals surface area (Å²) in [6, 6.07) is 7.26. The zero-order chi connectivity index (χ0) is 18.3. The topological polar surface area (TPSA) is 76.0 Å². The molecule has 4 rings (SSSR count). The van der Waals surface area contributed by atoms with Crippen LogP contribution in [0.3, 0.4) is 0 Å². The van der Waals surface area contributed by atoms with E-state index in [1.807, 2.05) is 17.0 Å². The number of sulfone groups is 1. The molecule has 26 heavy (non-hydrogen) atoms. The third-order valence-electron chi connectivity index (χ3n) is 4.85. The van der Waals surface area contributed by atoms with E-state index in [1.54, 1.807) is 12.1 Å². The van der Waals surface area contributed by atoms with E-state index in [-0.39, 0.29) is 28.7 Å². The highest BCUT2D eigenvalue weighted by Crippen LogP contribution is 2.39. The molecule has 140 valence electrons. The van der Waals surface area contributed by atoms with Crippen molar-refractivity contribution in [1.82, 2.24) is 4.90 Å². The fraction of sp³-hybridized carbons (Fsp3) is 0.529. The van der Waals surface area contributed by atoms with Gasteiger partial charge >= 0.3 is 0 Å². The summed E-state index contributed by atoms with van der Waals surface area (Å²) < 4.78 is 29.5. The van der Waals surface area contributed by atoms with Crippen LogP contribution in [-0.2, 0) is 25.9 Å². The lowest BCUT2D eigenvalue weighted by Gasteiger charge is -2.24. The van der Waals surface area contributed by atoms with Crippen LogP contribution in [0.1, 0.15) is 18.4 Å². The number of carbonyl (C=O) groups excluding carboxylic acids is 1. The maximum Gasteiger partial charge on any atom is 0.277 e. The van der Waals surface area contributed by atoms with E-state index < -0.39 is 15.9 Å². The Hall–Kier alpha value is -1.09. The number of thioether (sulfide) groups is 1. The predicted octanol–water partition coefficient (Wildman–Crippen LogP) is 2.12. The Bertz CT molecular complexity index is 835. The van der Waals surface area contributed by atoms with Crippen molar-refractivity contribution in [2.24, 2.45) is 4.99 Å². The number of nitrogens with zero attached hydrogens (tertiary/aromatic N) is 2. The van der Waals surface area contributed by atoms with Crippen LogP contribution in [0, 0.1) is 0 Å². The highest BCUT2D eigenvalue weighted by Gasteiger charge is 2.48. The van der Waals surface area contributed by atoms with E-state index in [4.69, 9.17) is 16.3 Å². The maximum absolute atomic E-state index is 12.4. The fourth-order valence-corrected chi connectivity index (χ4v) is 7.63. The van der Waals surface area contributed by atoms with E-state index >= 15 is 0 Å². The standard InChI is InChI=1S/C17H19ClN2O4S2/c18-12-5-3-11(4-6-12)8-20-13-9-26(22,23)10-15(13)25-17(20)19-16(21)14-2-1-7-24-14/h3-6,13-15H,1-2,7-10H2/t13-,14+,15-/m1/s1. The molecule has 3 heterocycles. The number of ether oxygens (including phenoxy) is 1. The molecule has 0 spiro atoms. The molecule has 1 aromatic rings. The summed E-state index contributed by atoms with van der Waals surface area (Å²) in [6.07, 6.45) is 1.09. The third-order valence-corrected chi connectivity index (χ3v) is 8.35. The van der Waals surface area contributed by atoms with Gasteiger partial charge in [0.05, 0.1) is 17.5 Å². The molecule has 3 saturated heterocycles. The quantitative estimate of drug-likeness (QED) is 0.754.